The van der Waals surface area contributed by atoms with Crippen molar-refractivity contribution in [1.82, 2.24) is 5.43 Å². The van der Waals surface area contributed by atoms with Crippen LogP contribution >= 0.6 is 0 Å². The van der Waals surface area contributed by atoms with Crippen LogP contribution in [0.15, 0.2) is 34.9 Å². The number of fused-ring (bicyclic) bond motifs is 1. The Morgan fingerprint density at radius 3 is 2.63 bits per heavy atom. The summed E-state index contributed by atoms with van der Waals surface area (Å²) in [5.41, 5.74) is 4.84. The highest BCUT2D eigenvalue weighted by Crippen LogP contribution is 2.34. The molecule has 1 unspecified atom stereocenters. The maximum absolute atomic E-state index is 5.68. The number of nitrogens with one attached hydrogen (secondary N) is 1. The Bertz CT molecular complexity index is 580. The summed E-state index contributed by atoms with van der Waals surface area (Å²) in [4.78, 5) is 0. The van der Waals surface area contributed by atoms with E-state index in [9.17, 15) is 0 Å². The number of hydrazine groups is 1. The van der Waals surface area contributed by atoms with Gasteiger partial charge in [0.15, 0.2) is 11.5 Å². The Morgan fingerprint density at radius 2 is 1.95 bits per heavy atom. The molecule has 0 bridgehead atoms. The number of hydrogen-bond donors (Lipinski definition) is 2. The van der Waals surface area contributed by atoms with Crippen LogP contribution in [0.4, 0.5) is 0 Å². The van der Waals surface area contributed by atoms with Crippen LogP contribution < -0.4 is 20.7 Å². The average molecular weight is 260 g/mol. The van der Waals surface area contributed by atoms with Gasteiger partial charge in [0.2, 0.25) is 0 Å². The molecule has 3 N–H and O–H groups in total. The molecule has 100 valence electrons. The van der Waals surface area contributed by atoms with Crippen molar-refractivity contribution in [2.75, 3.05) is 13.2 Å². The molecule has 0 saturated carbocycles. The molecule has 0 saturated heterocycles. The number of benzene rings is 1. The minimum absolute atomic E-state index is 0.130. The van der Waals surface area contributed by atoms with E-state index in [2.05, 4.69) is 5.43 Å². The van der Waals surface area contributed by atoms with E-state index in [0.717, 1.165) is 28.4 Å². The Hall–Kier alpha value is -1.98. The smallest absolute Gasteiger partial charge is 0.161 e. The first kappa shape index (κ1) is 12.1. The molecule has 1 aliphatic rings. The lowest BCUT2D eigenvalue weighted by Crippen LogP contribution is -2.29. The fraction of sp³-hybridized carbons (Fsp3) is 0.286. The molecule has 0 radical (unpaired) electrons. The molecule has 1 aliphatic heterocycles. The van der Waals surface area contributed by atoms with Crippen molar-refractivity contribution in [3.8, 4) is 11.5 Å². The highest BCUT2D eigenvalue weighted by Gasteiger charge is 2.20. The van der Waals surface area contributed by atoms with E-state index in [0.29, 0.717) is 13.2 Å². The van der Waals surface area contributed by atoms with Gasteiger partial charge >= 0.3 is 0 Å². The predicted molar refractivity (Wildman–Crippen MR) is 70.0 cm³/mol. The van der Waals surface area contributed by atoms with Crippen molar-refractivity contribution < 1.29 is 13.9 Å². The first-order valence-electron chi connectivity index (χ1n) is 6.19. The first-order valence-corrected chi connectivity index (χ1v) is 6.19. The quantitative estimate of drug-likeness (QED) is 0.651. The largest absolute Gasteiger partial charge is 0.486 e. The van der Waals surface area contributed by atoms with Crippen molar-refractivity contribution in [3.05, 3.63) is 47.4 Å². The summed E-state index contributed by atoms with van der Waals surface area (Å²) in [7, 11) is 0. The van der Waals surface area contributed by atoms with Gasteiger partial charge in [-0.2, -0.15) is 0 Å². The molecule has 5 heteroatoms. The third-order valence-corrected chi connectivity index (χ3v) is 3.28. The second kappa shape index (κ2) is 4.95. The van der Waals surface area contributed by atoms with E-state index in [1.165, 1.54) is 0 Å². The zero-order valence-electron chi connectivity index (χ0n) is 10.7. The lowest BCUT2D eigenvalue weighted by Gasteiger charge is -2.21. The van der Waals surface area contributed by atoms with Crippen LogP contribution in [0.3, 0.4) is 0 Å². The molecule has 1 aromatic heterocycles. The molecule has 0 fully saturated rings. The van der Waals surface area contributed by atoms with Crippen LogP contribution in [0, 0.1) is 6.92 Å². The van der Waals surface area contributed by atoms with E-state index in [1.807, 2.05) is 31.2 Å². The zero-order valence-corrected chi connectivity index (χ0v) is 10.7. The molecule has 2 heterocycles. The number of hydrogen-bond acceptors (Lipinski definition) is 5. The summed E-state index contributed by atoms with van der Waals surface area (Å²) in [6.45, 7) is 3.07. The Morgan fingerprint density at radius 1 is 1.16 bits per heavy atom. The second-order valence-electron chi connectivity index (χ2n) is 4.43. The van der Waals surface area contributed by atoms with E-state index < -0.39 is 0 Å². The summed E-state index contributed by atoms with van der Waals surface area (Å²) in [6.07, 6.45) is 1.66. The SMILES string of the molecule is Cc1occc1C(NN)c1ccc2c(c1)OCCO2. The molecular weight excluding hydrogens is 244 g/mol. The number of ether oxygens (including phenoxy) is 2. The number of aryl methyl sites for hydroxylation is 1. The fourth-order valence-corrected chi connectivity index (χ4v) is 2.30. The van der Waals surface area contributed by atoms with Crippen molar-refractivity contribution in [3.63, 3.8) is 0 Å². The third-order valence-electron chi connectivity index (χ3n) is 3.28. The first-order chi connectivity index (χ1) is 9.29. The molecule has 0 spiro atoms. The van der Waals surface area contributed by atoms with Crippen LogP contribution in [0.25, 0.3) is 0 Å². The maximum atomic E-state index is 5.68. The number of furan rings is 1. The van der Waals surface area contributed by atoms with Crippen LogP contribution in [0.5, 0.6) is 11.5 Å². The minimum Gasteiger partial charge on any atom is -0.486 e. The van der Waals surface area contributed by atoms with Crippen LogP contribution in [0.2, 0.25) is 0 Å². The van der Waals surface area contributed by atoms with Gasteiger partial charge in [0.05, 0.1) is 12.3 Å². The number of rotatable bonds is 3. The molecule has 1 atom stereocenters. The lowest BCUT2D eigenvalue weighted by atomic mass is 9.99. The van der Waals surface area contributed by atoms with Gasteiger partial charge in [-0.05, 0) is 30.7 Å². The Kier molecular flexibility index (Phi) is 3.15. The summed E-state index contributed by atoms with van der Waals surface area (Å²) in [5.74, 6) is 8.05. The topological polar surface area (TPSA) is 69.7 Å². The van der Waals surface area contributed by atoms with Gasteiger partial charge in [0.1, 0.15) is 19.0 Å². The highest BCUT2D eigenvalue weighted by atomic mass is 16.6. The molecule has 0 aliphatic carbocycles. The van der Waals surface area contributed by atoms with Gasteiger partial charge < -0.3 is 13.9 Å². The monoisotopic (exact) mass is 260 g/mol. The lowest BCUT2D eigenvalue weighted by molar-refractivity contribution is 0.171. The molecule has 3 rings (SSSR count). The average Bonchev–Trinajstić information content (AvgIpc) is 2.86. The van der Waals surface area contributed by atoms with Gasteiger partial charge in [0.25, 0.3) is 0 Å². The van der Waals surface area contributed by atoms with E-state index in [4.69, 9.17) is 19.7 Å². The van der Waals surface area contributed by atoms with Crippen molar-refractivity contribution >= 4 is 0 Å². The second-order valence-corrected chi connectivity index (χ2v) is 4.43. The van der Waals surface area contributed by atoms with E-state index >= 15 is 0 Å². The highest BCUT2D eigenvalue weighted by molar-refractivity contribution is 5.46. The molecule has 1 aromatic carbocycles. The van der Waals surface area contributed by atoms with E-state index in [1.54, 1.807) is 6.26 Å². The number of nitrogens with two attached hydrogens (primary N) is 1. The standard InChI is InChI=1S/C14H16N2O3/c1-9-11(4-5-17-9)14(16-15)10-2-3-12-13(8-10)19-7-6-18-12/h2-5,8,14,16H,6-7,15H2,1H3. The third kappa shape index (κ3) is 2.18. The summed E-state index contributed by atoms with van der Waals surface area (Å²) in [5, 5.41) is 0. The molecular formula is C14H16N2O3. The molecule has 0 amide bonds. The van der Waals surface area contributed by atoms with Crippen LogP contribution in [0.1, 0.15) is 22.9 Å². The maximum Gasteiger partial charge on any atom is 0.161 e. The Labute approximate surface area is 111 Å². The molecule has 2 aromatic rings. The van der Waals surface area contributed by atoms with Gasteiger partial charge in [-0.15, -0.1) is 0 Å². The van der Waals surface area contributed by atoms with Gasteiger partial charge in [-0.25, -0.2) is 5.43 Å². The van der Waals surface area contributed by atoms with Crippen molar-refractivity contribution in [2.45, 2.75) is 13.0 Å². The van der Waals surface area contributed by atoms with Gasteiger partial charge in [-0.1, -0.05) is 6.07 Å². The van der Waals surface area contributed by atoms with Crippen molar-refractivity contribution in [2.24, 2.45) is 5.84 Å². The van der Waals surface area contributed by atoms with Gasteiger partial charge in [-0.3, -0.25) is 5.84 Å². The molecule has 19 heavy (non-hydrogen) atoms. The zero-order chi connectivity index (χ0) is 13.2. The summed E-state index contributed by atoms with van der Waals surface area (Å²) in [6, 6.07) is 7.62. The minimum atomic E-state index is -0.130. The van der Waals surface area contributed by atoms with Gasteiger partial charge in [0, 0.05) is 5.56 Å². The van der Waals surface area contributed by atoms with Crippen LogP contribution in [-0.2, 0) is 0 Å². The normalized spacial score (nSPS) is 15.3. The summed E-state index contributed by atoms with van der Waals surface area (Å²) >= 11 is 0. The Balaban J connectivity index is 1.98. The van der Waals surface area contributed by atoms with E-state index in [-0.39, 0.29) is 6.04 Å². The van der Waals surface area contributed by atoms with Crippen LogP contribution in [-0.4, -0.2) is 13.2 Å². The predicted octanol–water partition coefficient (Wildman–Crippen LogP) is 1.91. The summed E-state index contributed by atoms with van der Waals surface area (Å²) < 4.78 is 16.4. The molecule has 5 nitrogen and oxygen atoms in total. The fourth-order valence-electron chi connectivity index (χ4n) is 2.30. The van der Waals surface area contributed by atoms with Crippen molar-refractivity contribution in [1.29, 1.82) is 0 Å².